The average Bonchev–Trinajstić information content (AvgIpc) is 3.10. The minimum Gasteiger partial charge on any atom is -0.351 e. The average molecular weight is 394 g/mol. The molecular formula is C22H27N5S. The van der Waals surface area contributed by atoms with Crippen molar-refractivity contribution < 1.29 is 0 Å². The quantitative estimate of drug-likeness (QED) is 0.654. The number of aromatic nitrogens is 3. The Kier molecular flexibility index (Phi) is 4.93. The van der Waals surface area contributed by atoms with Crippen LogP contribution in [0.3, 0.4) is 0 Å². The third kappa shape index (κ3) is 4.39. The number of thiophene rings is 1. The molecule has 146 valence electrons. The molecule has 0 atom stereocenters. The molecule has 1 saturated heterocycles. The minimum absolute atomic E-state index is 0.0857. The maximum Gasteiger partial charge on any atom is 0.223 e. The van der Waals surface area contributed by atoms with Crippen LogP contribution in [0.5, 0.6) is 0 Å². The molecule has 0 aliphatic carbocycles. The largest absolute Gasteiger partial charge is 0.351 e. The molecule has 1 aliphatic rings. The molecule has 0 radical (unpaired) electrons. The van der Waals surface area contributed by atoms with Crippen molar-refractivity contribution in [2.24, 2.45) is 0 Å². The molecule has 0 aromatic carbocycles. The summed E-state index contributed by atoms with van der Waals surface area (Å²) in [5.74, 6) is 0.698. The van der Waals surface area contributed by atoms with E-state index >= 15 is 0 Å². The van der Waals surface area contributed by atoms with Crippen LogP contribution < -0.4 is 10.6 Å². The van der Waals surface area contributed by atoms with E-state index in [1.54, 1.807) is 11.3 Å². The predicted molar refractivity (Wildman–Crippen MR) is 117 cm³/mol. The molecule has 0 unspecified atom stereocenters. The lowest BCUT2D eigenvalue weighted by Gasteiger charge is -2.46. The molecule has 3 aromatic rings. The highest BCUT2D eigenvalue weighted by molar-refractivity contribution is 7.18. The van der Waals surface area contributed by atoms with Gasteiger partial charge in [-0.05, 0) is 70.9 Å². The highest BCUT2D eigenvalue weighted by atomic mass is 32.1. The summed E-state index contributed by atoms with van der Waals surface area (Å²) >= 11 is 1.70. The van der Waals surface area contributed by atoms with Gasteiger partial charge >= 0.3 is 0 Å². The zero-order valence-electron chi connectivity index (χ0n) is 16.9. The van der Waals surface area contributed by atoms with Crippen molar-refractivity contribution in [1.29, 1.82) is 0 Å². The second kappa shape index (κ2) is 7.26. The van der Waals surface area contributed by atoms with Gasteiger partial charge in [-0.2, -0.15) is 0 Å². The SMILES string of the molecule is CC1(C)CC(Nc2nccc(-c3ccc(-c4ccccn4)s3)n2)CC(C)(C)N1. The summed E-state index contributed by atoms with van der Waals surface area (Å²) < 4.78 is 0. The summed E-state index contributed by atoms with van der Waals surface area (Å²) in [5.41, 5.74) is 2.10. The number of nitrogens with one attached hydrogen (secondary N) is 2. The zero-order valence-corrected chi connectivity index (χ0v) is 17.7. The van der Waals surface area contributed by atoms with Gasteiger partial charge in [0.05, 0.1) is 21.1 Å². The zero-order chi connectivity index (χ0) is 19.8. The number of hydrogen-bond acceptors (Lipinski definition) is 6. The van der Waals surface area contributed by atoms with Crippen LogP contribution in [0, 0.1) is 0 Å². The maximum absolute atomic E-state index is 4.79. The second-order valence-corrected chi connectivity index (χ2v) is 9.87. The molecule has 0 saturated carbocycles. The Balaban J connectivity index is 1.53. The third-order valence-electron chi connectivity index (χ3n) is 4.95. The molecule has 1 fully saturated rings. The fourth-order valence-corrected chi connectivity index (χ4v) is 5.25. The fourth-order valence-electron chi connectivity index (χ4n) is 4.29. The van der Waals surface area contributed by atoms with Crippen LogP contribution in [0.2, 0.25) is 0 Å². The van der Waals surface area contributed by atoms with Gasteiger partial charge in [0.1, 0.15) is 0 Å². The Bertz CT molecular complexity index is 932. The number of pyridine rings is 1. The van der Waals surface area contributed by atoms with Gasteiger partial charge in [0.2, 0.25) is 5.95 Å². The van der Waals surface area contributed by atoms with Crippen LogP contribution in [0.1, 0.15) is 40.5 Å². The fraction of sp³-hybridized carbons (Fsp3) is 0.409. The van der Waals surface area contributed by atoms with Gasteiger partial charge in [-0.1, -0.05) is 6.07 Å². The van der Waals surface area contributed by atoms with Crippen LogP contribution in [0.15, 0.2) is 48.8 Å². The van der Waals surface area contributed by atoms with Crippen molar-refractivity contribution in [3.63, 3.8) is 0 Å². The van der Waals surface area contributed by atoms with E-state index in [1.807, 2.05) is 36.7 Å². The van der Waals surface area contributed by atoms with Crippen molar-refractivity contribution in [2.75, 3.05) is 5.32 Å². The van der Waals surface area contributed by atoms with E-state index in [4.69, 9.17) is 4.98 Å². The van der Waals surface area contributed by atoms with Crippen molar-refractivity contribution in [3.05, 3.63) is 48.8 Å². The molecule has 5 nitrogen and oxygen atoms in total. The lowest BCUT2D eigenvalue weighted by molar-refractivity contribution is 0.170. The number of rotatable bonds is 4. The number of anilines is 1. The molecule has 0 spiro atoms. The van der Waals surface area contributed by atoms with E-state index < -0.39 is 0 Å². The number of nitrogens with zero attached hydrogens (tertiary/aromatic N) is 3. The van der Waals surface area contributed by atoms with Crippen LogP contribution in [-0.2, 0) is 0 Å². The Hall–Kier alpha value is -2.31. The molecule has 0 amide bonds. The molecular weight excluding hydrogens is 366 g/mol. The molecule has 1 aliphatic heterocycles. The van der Waals surface area contributed by atoms with Crippen LogP contribution in [0.4, 0.5) is 5.95 Å². The van der Waals surface area contributed by atoms with Gasteiger partial charge in [-0.3, -0.25) is 4.98 Å². The highest BCUT2D eigenvalue weighted by Crippen LogP contribution is 2.33. The van der Waals surface area contributed by atoms with Crippen molar-refractivity contribution in [3.8, 4) is 21.1 Å². The van der Waals surface area contributed by atoms with Gasteiger partial charge in [0.25, 0.3) is 0 Å². The number of hydrogen-bond donors (Lipinski definition) is 2. The van der Waals surface area contributed by atoms with E-state index in [-0.39, 0.29) is 11.1 Å². The Morgan fingerprint density at radius 2 is 1.61 bits per heavy atom. The van der Waals surface area contributed by atoms with Gasteiger partial charge in [0.15, 0.2) is 0 Å². The summed E-state index contributed by atoms with van der Waals surface area (Å²) in [6.07, 6.45) is 5.73. The summed E-state index contributed by atoms with van der Waals surface area (Å²) in [6, 6.07) is 12.5. The molecule has 0 bridgehead atoms. The van der Waals surface area contributed by atoms with Crippen LogP contribution in [0.25, 0.3) is 21.1 Å². The summed E-state index contributed by atoms with van der Waals surface area (Å²) in [4.78, 5) is 16.0. The van der Waals surface area contributed by atoms with Gasteiger partial charge in [-0.15, -0.1) is 11.3 Å². The van der Waals surface area contributed by atoms with Crippen LogP contribution in [-0.4, -0.2) is 32.1 Å². The molecule has 3 aromatic heterocycles. The maximum atomic E-state index is 4.79. The molecule has 28 heavy (non-hydrogen) atoms. The first-order valence-electron chi connectivity index (χ1n) is 9.70. The Morgan fingerprint density at radius 3 is 2.29 bits per heavy atom. The van der Waals surface area contributed by atoms with Gasteiger partial charge in [-0.25, -0.2) is 9.97 Å². The van der Waals surface area contributed by atoms with E-state index in [0.29, 0.717) is 12.0 Å². The first-order chi connectivity index (χ1) is 13.3. The van der Waals surface area contributed by atoms with Gasteiger partial charge in [0, 0.05) is 29.5 Å². The second-order valence-electron chi connectivity index (χ2n) is 8.79. The highest BCUT2D eigenvalue weighted by Gasteiger charge is 2.37. The molecule has 4 rings (SSSR count). The lowest BCUT2D eigenvalue weighted by Crippen LogP contribution is -2.60. The van der Waals surface area contributed by atoms with E-state index in [9.17, 15) is 0 Å². The Labute approximate surface area is 170 Å². The van der Waals surface area contributed by atoms with Crippen molar-refractivity contribution >= 4 is 17.3 Å². The van der Waals surface area contributed by atoms with Gasteiger partial charge < -0.3 is 10.6 Å². The summed E-state index contributed by atoms with van der Waals surface area (Å²) in [7, 11) is 0. The van der Waals surface area contributed by atoms with Crippen molar-refractivity contribution in [1.82, 2.24) is 20.3 Å². The van der Waals surface area contributed by atoms with Crippen LogP contribution >= 0.6 is 11.3 Å². The smallest absolute Gasteiger partial charge is 0.223 e. The third-order valence-corrected chi connectivity index (χ3v) is 6.09. The first kappa shape index (κ1) is 19.0. The summed E-state index contributed by atoms with van der Waals surface area (Å²) in [6.45, 7) is 9.02. The molecule has 4 heterocycles. The first-order valence-corrected chi connectivity index (χ1v) is 10.5. The lowest BCUT2D eigenvalue weighted by atomic mass is 9.80. The molecule has 6 heteroatoms. The summed E-state index contributed by atoms with van der Waals surface area (Å²) in [5, 5.41) is 7.29. The monoisotopic (exact) mass is 393 g/mol. The van der Waals surface area contributed by atoms with E-state index in [2.05, 4.69) is 60.4 Å². The number of piperidine rings is 1. The van der Waals surface area contributed by atoms with E-state index in [1.165, 1.54) is 0 Å². The van der Waals surface area contributed by atoms with Crippen molar-refractivity contribution in [2.45, 2.75) is 57.7 Å². The predicted octanol–water partition coefficient (Wildman–Crippen LogP) is 4.99. The topological polar surface area (TPSA) is 62.7 Å². The standard InChI is InChI=1S/C22H27N5S/c1-21(2)13-15(14-22(3,4)27-21)25-20-24-12-10-17(26-20)19-9-8-18(28-19)16-7-5-6-11-23-16/h5-12,15,27H,13-14H2,1-4H3,(H,24,25,26). The Morgan fingerprint density at radius 1 is 0.893 bits per heavy atom. The minimum atomic E-state index is 0.0857. The normalized spacial score (nSPS) is 18.7. The van der Waals surface area contributed by atoms with E-state index in [0.717, 1.165) is 34.0 Å². The molecule has 2 N–H and O–H groups in total.